The summed E-state index contributed by atoms with van der Waals surface area (Å²) in [6.07, 6.45) is -0.363. The highest BCUT2D eigenvalue weighted by atomic mass is 16.5. The molecule has 0 aromatic heterocycles. The number of methoxy groups -OCH3 is 1. The van der Waals surface area contributed by atoms with Crippen LogP contribution in [-0.4, -0.2) is 42.7 Å². The van der Waals surface area contributed by atoms with E-state index in [4.69, 9.17) is 4.74 Å². The second-order valence-corrected chi connectivity index (χ2v) is 10.1. The highest BCUT2D eigenvalue weighted by Crippen LogP contribution is 2.21. The first-order valence-corrected chi connectivity index (χ1v) is 12.9. The van der Waals surface area contributed by atoms with Crippen molar-refractivity contribution < 1.29 is 19.4 Å². The molecule has 7 nitrogen and oxygen atoms in total. The number of benzene rings is 3. The van der Waals surface area contributed by atoms with Crippen LogP contribution in [0.2, 0.25) is 0 Å². The van der Waals surface area contributed by atoms with Gasteiger partial charge in [-0.25, -0.2) is 0 Å². The van der Waals surface area contributed by atoms with E-state index in [-0.39, 0.29) is 24.8 Å². The van der Waals surface area contributed by atoms with E-state index in [9.17, 15) is 14.7 Å². The third kappa shape index (κ3) is 9.32. The van der Waals surface area contributed by atoms with E-state index in [1.54, 1.807) is 21.0 Å². The van der Waals surface area contributed by atoms with Crippen molar-refractivity contribution in [2.75, 3.05) is 13.7 Å². The number of rotatable bonds is 14. The predicted octanol–water partition coefficient (Wildman–Crippen LogP) is 3.61. The van der Waals surface area contributed by atoms with Crippen molar-refractivity contribution in [1.82, 2.24) is 16.0 Å². The highest BCUT2D eigenvalue weighted by molar-refractivity contribution is 5.88. The summed E-state index contributed by atoms with van der Waals surface area (Å²) in [6.45, 7) is 4.75. The zero-order valence-electron chi connectivity index (χ0n) is 22.4. The summed E-state index contributed by atoms with van der Waals surface area (Å²) < 4.78 is 5.27. The number of amides is 2. The van der Waals surface area contributed by atoms with Gasteiger partial charge in [0.2, 0.25) is 11.8 Å². The molecule has 3 rings (SSSR count). The number of aliphatic hydroxyl groups is 1. The van der Waals surface area contributed by atoms with Gasteiger partial charge in [-0.1, -0.05) is 86.6 Å². The number of hydrogen-bond acceptors (Lipinski definition) is 5. The molecule has 0 aliphatic rings. The first-order chi connectivity index (χ1) is 18.3. The second-order valence-electron chi connectivity index (χ2n) is 10.1. The zero-order valence-corrected chi connectivity index (χ0v) is 22.4. The molecule has 3 aromatic rings. The minimum atomic E-state index is -0.911. The van der Waals surface area contributed by atoms with Gasteiger partial charge in [0.1, 0.15) is 5.75 Å². The Morgan fingerprint density at radius 2 is 1.50 bits per heavy atom. The molecule has 0 bridgehead atoms. The predicted molar refractivity (Wildman–Crippen MR) is 149 cm³/mol. The zero-order chi connectivity index (χ0) is 27.4. The number of ether oxygens (including phenoxy) is 1. The highest BCUT2D eigenvalue weighted by Gasteiger charge is 2.32. The van der Waals surface area contributed by atoms with E-state index in [1.165, 1.54) is 0 Å². The Morgan fingerprint density at radius 3 is 2.16 bits per heavy atom. The van der Waals surface area contributed by atoms with E-state index >= 15 is 0 Å². The van der Waals surface area contributed by atoms with E-state index in [0.29, 0.717) is 19.5 Å². The number of hydrogen-bond donors (Lipinski definition) is 4. The summed E-state index contributed by atoms with van der Waals surface area (Å²) in [5.41, 5.74) is 2.12. The van der Waals surface area contributed by atoms with Gasteiger partial charge >= 0.3 is 0 Å². The van der Waals surface area contributed by atoms with Gasteiger partial charge in [-0.05, 0) is 35.2 Å². The van der Waals surface area contributed by atoms with Crippen LogP contribution >= 0.6 is 0 Å². The molecule has 4 N–H and O–H groups in total. The summed E-state index contributed by atoms with van der Waals surface area (Å²) in [5.74, 6) is 0.295. The Hall–Kier alpha value is -3.68. The van der Waals surface area contributed by atoms with Crippen molar-refractivity contribution >= 4 is 11.8 Å². The molecule has 0 fully saturated rings. The number of carbonyl (C=O) groups is 2. The molecule has 0 saturated carbocycles. The molecular formula is C31H39N3O4. The van der Waals surface area contributed by atoms with Gasteiger partial charge in [0.05, 0.1) is 24.7 Å². The monoisotopic (exact) mass is 517 g/mol. The molecule has 0 unspecified atom stereocenters. The van der Waals surface area contributed by atoms with Gasteiger partial charge in [0.15, 0.2) is 0 Å². The molecule has 202 valence electrons. The van der Waals surface area contributed by atoms with Crippen LogP contribution in [0.3, 0.4) is 0 Å². The minimum Gasteiger partial charge on any atom is -0.497 e. The summed E-state index contributed by atoms with van der Waals surface area (Å²) in [5, 5.41) is 20.2. The van der Waals surface area contributed by atoms with Gasteiger partial charge in [-0.2, -0.15) is 0 Å². The lowest BCUT2D eigenvalue weighted by Gasteiger charge is -2.28. The summed E-state index contributed by atoms with van der Waals surface area (Å²) in [4.78, 5) is 25.9. The molecule has 38 heavy (non-hydrogen) atoms. The van der Waals surface area contributed by atoms with Crippen molar-refractivity contribution in [2.45, 2.75) is 51.9 Å². The molecule has 2 atom stereocenters. The quantitative estimate of drug-likeness (QED) is 0.262. The van der Waals surface area contributed by atoms with Gasteiger partial charge in [-0.15, -0.1) is 0 Å². The lowest BCUT2D eigenvalue weighted by atomic mass is 9.87. The lowest BCUT2D eigenvalue weighted by Crippen LogP contribution is -2.50. The molecule has 3 aromatic carbocycles. The molecule has 2 amide bonds. The molecule has 0 heterocycles. The van der Waals surface area contributed by atoms with E-state index in [1.807, 2.05) is 84.9 Å². The third-order valence-electron chi connectivity index (χ3n) is 6.44. The molecule has 0 radical (unpaired) electrons. The van der Waals surface area contributed by atoms with Crippen molar-refractivity contribution in [3.63, 3.8) is 0 Å². The molecular weight excluding hydrogens is 478 g/mol. The first-order valence-electron chi connectivity index (χ1n) is 12.9. The second kappa shape index (κ2) is 14.3. The van der Waals surface area contributed by atoms with E-state index in [2.05, 4.69) is 16.0 Å². The van der Waals surface area contributed by atoms with Crippen LogP contribution in [0.15, 0.2) is 84.9 Å². The fourth-order valence-electron chi connectivity index (χ4n) is 4.20. The maximum Gasteiger partial charge on any atom is 0.226 e. The summed E-state index contributed by atoms with van der Waals surface area (Å²) in [7, 11) is 1.63. The Balaban J connectivity index is 1.58. The molecule has 0 aliphatic carbocycles. The fraction of sp³-hybridized carbons (Fsp3) is 0.355. The van der Waals surface area contributed by atoms with Crippen LogP contribution < -0.4 is 20.7 Å². The summed E-state index contributed by atoms with van der Waals surface area (Å²) in [6, 6.07) is 26.6. The van der Waals surface area contributed by atoms with Gasteiger partial charge in [-0.3, -0.25) is 9.59 Å². The fourth-order valence-corrected chi connectivity index (χ4v) is 4.20. The maximum atomic E-state index is 13.1. The molecule has 0 aliphatic heterocycles. The normalized spacial score (nSPS) is 12.8. The number of nitrogens with one attached hydrogen (secondary N) is 3. The van der Waals surface area contributed by atoms with Crippen molar-refractivity contribution in [3.8, 4) is 5.75 Å². The molecule has 0 spiro atoms. The van der Waals surface area contributed by atoms with Crippen LogP contribution in [-0.2, 0) is 29.1 Å². The van der Waals surface area contributed by atoms with Gasteiger partial charge in [0, 0.05) is 26.1 Å². The van der Waals surface area contributed by atoms with Gasteiger partial charge in [0.25, 0.3) is 0 Å². The third-order valence-corrected chi connectivity index (χ3v) is 6.44. The maximum absolute atomic E-state index is 13.1. The Kier molecular flexibility index (Phi) is 10.9. The number of carbonyl (C=O) groups excluding carboxylic acids is 2. The van der Waals surface area contributed by atoms with Crippen molar-refractivity contribution in [2.24, 2.45) is 5.41 Å². The van der Waals surface area contributed by atoms with Crippen LogP contribution in [0.25, 0.3) is 0 Å². The van der Waals surface area contributed by atoms with Crippen LogP contribution in [0.5, 0.6) is 5.75 Å². The largest absolute Gasteiger partial charge is 0.497 e. The standard InChI is InChI=1S/C31H39N3O4/c1-31(2,30(37)33-21-24-13-8-5-9-14-24)19-29(36)34-27(18-23-11-6-4-7-12-23)28(35)22-32-20-25-15-10-16-26(17-25)38-3/h4-17,27-28,32,35H,18-22H2,1-3H3,(H,33,37)(H,34,36)/t27-,28+/m0/s1. The minimum absolute atomic E-state index is 0.00285. The number of aliphatic hydroxyl groups excluding tert-OH is 1. The van der Waals surface area contributed by atoms with Crippen molar-refractivity contribution in [1.29, 1.82) is 0 Å². The van der Waals surface area contributed by atoms with Crippen LogP contribution in [0.4, 0.5) is 0 Å². The summed E-state index contributed by atoms with van der Waals surface area (Å²) >= 11 is 0. The Morgan fingerprint density at radius 1 is 0.868 bits per heavy atom. The van der Waals surface area contributed by atoms with Crippen molar-refractivity contribution in [3.05, 3.63) is 102 Å². The average molecular weight is 518 g/mol. The van der Waals surface area contributed by atoms with Gasteiger partial charge < -0.3 is 25.8 Å². The first kappa shape index (κ1) is 28.9. The smallest absolute Gasteiger partial charge is 0.226 e. The van der Waals surface area contributed by atoms with E-state index in [0.717, 1.165) is 22.4 Å². The molecule has 7 heteroatoms. The average Bonchev–Trinajstić information content (AvgIpc) is 2.92. The van der Waals surface area contributed by atoms with E-state index < -0.39 is 17.6 Å². The molecule has 0 saturated heterocycles. The Bertz CT molecular complexity index is 1150. The lowest BCUT2D eigenvalue weighted by molar-refractivity contribution is -0.135. The van der Waals surface area contributed by atoms with Crippen LogP contribution in [0.1, 0.15) is 37.0 Å². The Labute approximate surface area is 225 Å². The topological polar surface area (TPSA) is 99.7 Å². The SMILES string of the molecule is COc1cccc(CNC[C@@H](O)[C@H](Cc2ccccc2)NC(=O)CC(C)(C)C(=O)NCc2ccccc2)c1. The van der Waals surface area contributed by atoms with Crippen LogP contribution in [0, 0.1) is 5.41 Å².